The summed E-state index contributed by atoms with van der Waals surface area (Å²) in [4.78, 5) is 22.1. The Balaban J connectivity index is 1.37. The summed E-state index contributed by atoms with van der Waals surface area (Å²) in [6.45, 7) is 3.96. The highest BCUT2D eigenvalue weighted by Crippen LogP contribution is 2.45. The van der Waals surface area contributed by atoms with E-state index in [1.165, 1.54) is 10.9 Å². The summed E-state index contributed by atoms with van der Waals surface area (Å²) in [6, 6.07) is 5.16. The normalized spacial score (nSPS) is 13.9. The van der Waals surface area contributed by atoms with Crippen molar-refractivity contribution < 1.29 is 17.9 Å². The van der Waals surface area contributed by atoms with Crippen LogP contribution in [0.5, 0.6) is 5.88 Å². The number of methoxy groups -OCH3 is 1. The predicted octanol–water partition coefficient (Wildman–Crippen LogP) is 6.42. The number of halogens is 4. The highest BCUT2D eigenvalue weighted by atomic mass is 35.5. The Labute approximate surface area is 238 Å². The maximum Gasteiger partial charge on any atom is 0.434 e. The van der Waals surface area contributed by atoms with Crippen molar-refractivity contribution in [1.82, 2.24) is 39.3 Å². The van der Waals surface area contributed by atoms with Crippen LogP contribution in [0.2, 0.25) is 0 Å². The van der Waals surface area contributed by atoms with Crippen LogP contribution < -0.4 is 4.74 Å². The zero-order valence-electron chi connectivity index (χ0n) is 22.5. The summed E-state index contributed by atoms with van der Waals surface area (Å²) in [5, 5.41) is 5.28. The molecule has 1 saturated carbocycles. The minimum Gasteiger partial charge on any atom is -0.480 e. The highest BCUT2D eigenvalue weighted by Gasteiger charge is 2.35. The fourth-order valence-corrected chi connectivity index (χ4v) is 5.11. The third-order valence-corrected chi connectivity index (χ3v) is 7.39. The van der Waals surface area contributed by atoms with Gasteiger partial charge in [0.05, 0.1) is 30.9 Å². The lowest BCUT2D eigenvalue weighted by atomic mass is 10.0. The minimum atomic E-state index is -4.54. The molecule has 13 heteroatoms. The molecule has 6 rings (SSSR count). The van der Waals surface area contributed by atoms with Crippen LogP contribution >= 0.6 is 11.6 Å². The molecule has 0 N–H and O–H groups in total. The van der Waals surface area contributed by atoms with Crippen molar-refractivity contribution >= 4 is 22.6 Å². The number of nitrogens with zero attached hydrogens (tertiary/aromatic N) is 8. The number of aromatic nitrogens is 8. The van der Waals surface area contributed by atoms with Crippen molar-refractivity contribution in [1.29, 1.82) is 0 Å². The van der Waals surface area contributed by atoms with Gasteiger partial charge in [0, 0.05) is 35.8 Å². The molecule has 4 heterocycles. The third-order valence-electron chi connectivity index (χ3n) is 7.11. The lowest BCUT2D eigenvalue weighted by Crippen LogP contribution is -2.07. The van der Waals surface area contributed by atoms with Gasteiger partial charge < -0.3 is 9.30 Å². The summed E-state index contributed by atoms with van der Waals surface area (Å²) >= 11 is 6.33. The summed E-state index contributed by atoms with van der Waals surface area (Å²) in [6.07, 6.45) is 3.48. The molecule has 9 nitrogen and oxygen atoms in total. The van der Waals surface area contributed by atoms with E-state index in [-0.39, 0.29) is 17.7 Å². The molecule has 5 aromatic rings. The van der Waals surface area contributed by atoms with Gasteiger partial charge in [0.2, 0.25) is 5.88 Å². The predicted molar refractivity (Wildman–Crippen MR) is 147 cm³/mol. The first-order valence-electron chi connectivity index (χ1n) is 13.1. The monoisotopic (exact) mass is 582 g/mol. The van der Waals surface area contributed by atoms with E-state index >= 15 is 0 Å². The Morgan fingerprint density at radius 3 is 2.56 bits per heavy atom. The third kappa shape index (κ3) is 5.12. The van der Waals surface area contributed by atoms with Crippen molar-refractivity contribution in [3.63, 3.8) is 0 Å². The average Bonchev–Trinajstić information content (AvgIpc) is 3.57. The van der Waals surface area contributed by atoms with Crippen LogP contribution in [-0.2, 0) is 18.6 Å². The van der Waals surface area contributed by atoms with Crippen molar-refractivity contribution in [2.24, 2.45) is 0 Å². The smallest absolute Gasteiger partial charge is 0.434 e. The van der Waals surface area contributed by atoms with Gasteiger partial charge in [-0.05, 0) is 43.9 Å². The Morgan fingerprint density at radius 2 is 1.88 bits per heavy atom. The molecule has 0 aliphatic heterocycles. The largest absolute Gasteiger partial charge is 0.480 e. The zero-order chi connectivity index (χ0) is 28.9. The van der Waals surface area contributed by atoms with E-state index in [4.69, 9.17) is 21.3 Å². The SMILES string of the molecule is COc1ncnc(C2CC2)c1-c1ncc2cnn(Cc3ccc(-c4nc(C(F)(F)F)cn4C(C)C)cc3CCl)c2n1. The molecule has 0 atom stereocenters. The number of imidazole rings is 1. The number of hydrogen-bond acceptors (Lipinski definition) is 7. The molecule has 0 amide bonds. The van der Waals surface area contributed by atoms with Crippen LogP contribution in [0.3, 0.4) is 0 Å². The van der Waals surface area contributed by atoms with Crippen molar-refractivity contribution in [2.75, 3.05) is 7.11 Å². The summed E-state index contributed by atoms with van der Waals surface area (Å²) in [5.41, 5.74) is 3.38. The van der Waals surface area contributed by atoms with Crippen LogP contribution in [0.25, 0.3) is 33.8 Å². The molecule has 0 spiro atoms. The minimum absolute atomic E-state index is 0.153. The fraction of sp³-hybridized carbons (Fsp3) is 0.357. The number of rotatable bonds is 8. The van der Waals surface area contributed by atoms with E-state index in [1.54, 1.807) is 36.3 Å². The fourth-order valence-electron chi connectivity index (χ4n) is 4.86. The van der Waals surface area contributed by atoms with Crippen molar-refractivity contribution in [3.05, 3.63) is 65.6 Å². The summed E-state index contributed by atoms with van der Waals surface area (Å²) in [5.74, 6) is 1.58. The number of benzene rings is 1. The van der Waals surface area contributed by atoms with Gasteiger partial charge in [-0.25, -0.2) is 29.6 Å². The van der Waals surface area contributed by atoms with Crippen molar-refractivity contribution in [2.45, 2.75) is 57.2 Å². The molecular formula is C28H26ClF3N8O. The number of fused-ring (bicyclic) bond motifs is 1. The number of alkyl halides is 4. The topological polar surface area (TPSA) is 96.4 Å². The zero-order valence-corrected chi connectivity index (χ0v) is 23.3. The molecule has 0 bridgehead atoms. The highest BCUT2D eigenvalue weighted by molar-refractivity contribution is 6.17. The van der Waals surface area contributed by atoms with Crippen LogP contribution in [0.4, 0.5) is 13.2 Å². The lowest BCUT2D eigenvalue weighted by Gasteiger charge is -2.14. The van der Waals surface area contributed by atoms with Gasteiger partial charge in [-0.2, -0.15) is 18.3 Å². The van der Waals surface area contributed by atoms with Crippen LogP contribution in [0.15, 0.2) is 43.1 Å². The second-order valence-electron chi connectivity index (χ2n) is 10.3. The number of ether oxygens (including phenoxy) is 1. The maximum atomic E-state index is 13.4. The molecule has 1 aromatic carbocycles. The summed E-state index contributed by atoms with van der Waals surface area (Å²) in [7, 11) is 1.56. The standard InChI is InChI=1S/C28H26ClF3N8O/c1-15(2)39-13-21(28(30,31)32)37-25(39)17-6-7-18(19(8-17)9-29)12-40-26-20(11-36-40)10-33-24(38-26)22-23(16-4-5-16)34-14-35-27(22)41-3/h6-8,10-11,13-16H,4-5,9,12H2,1-3H3. The molecule has 1 aliphatic rings. The molecule has 0 unspecified atom stereocenters. The quantitative estimate of drug-likeness (QED) is 0.195. The lowest BCUT2D eigenvalue weighted by molar-refractivity contribution is -0.140. The van der Waals surface area contributed by atoms with Crippen molar-refractivity contribution in [3.8, 4) is 28.7 Å². The molecule has 1 fully saturated rings. The van der Waals surface area contributed by atoms with E-state index in [9.17, 15) is 13.2 Å². The molecule has 41 heavy (non-hydrogen) atoms. The second kappa shape index (κ2) is 10.4. The molecule has 0 saturated heterocycles. The van der Waals surface area contributed by atoms with Gasteiger partial charge in [-0.1, -0.05) is 12.1 Å². The average molecular weight is 583 g/mol. The van der Waals surface area contributed by atoms with Crippen LogP contribution in [0, 0.1) is 0 Å². The van der Waals surface area contributed by atoms with Gasteiger partial charge in [-0.15, -0.1) is 11.6 Å². The molecule has 212 valence electrons. The molecule has 1 aliphatic carbocycles. The van der Waals surface area contributed by atoms with Gasteiger partial charge in [0.15, 0.2) is 17.2 Å². The molecule has 0 radical (unpaired) electrons. The van der Waals surface area contributed by atoms with Gasteiger partial charge >= 0.3 is 6.18 Å². The maximum absolute atomic E-state index is 13.4. The first-order valence-corrected chi connectivity index (χ1v) is 13.6. The molecule has 4 aromatic heterocycles. The first-order chi connectivity index (χ1) is 19.7. The summed E-state index contributed by atoms with van der Waals surface area (Å²) < 4.78 is 49.1. The van der Waals surface area contributed by atoms with E-state index < -0.39 is 11.9 Å². The van der Waals surface area contributed by atoms with E-state index in [2.05, 4.69) is 25.0 Å². The Morgan fingerprint density at radius 1 is 1.07 bits per heavy atom. The van der Waals surface area contributed by atoms with Crippen LogP contribution in [0.1, 0.15) is 61.2 Å². The van der Waals surface area contributed by atoms with E-state index in [1.807, 2.05) is 19.9 Å². The van der Waals surface area contributed by atoms with Gasteiger partial charge in [-0.3, -0.25) is 0 Å². The first kappa shape index (κ1) is 27.1. The Bertz CT molecular complexity index is 1740. The molecular weight excluding hydrogens is 557 g/mol. The van der Waals surface area contributed by atoms with Crippen LogP contribution in [-0.4, -0.2) is 46.4 Å². The van der Waals surface area contributed by atoms with Gasteiger partial charge in [0.25, 0.3) is 0 Å². The van der Waals surface area contributed by atoms with E-state index in [0.717, 1.165) is 41.2 Å². The number of hydrogen-bond donors (Lipinski definition) is 0. The second-order valence-corrected chi connectivity index (χ2v) is 10.5. The Kier molecular flexibility index (Phi) is 6.88. The van der Waals surface area contributed by atoms with E-state index in [0.29, 0.717) is 40.9 Å². The Hall–Kier alpha value is -4.06. The van der Waals surface area contributed by atoms with Gasteiger partial charge in [0.1, 0.15) is 17.7 Å².